The van der Waals surface area contributed by atoms with Crippen molar-refractivity contribution in [3.63, 3.8) is 0 Å². The first-order valence-electron chi connectivity index (χ1n) is 4.77. The topological polar surface area (TPSA) is 66.4 Å². The van der Waals surface area contributed by atoms with Crippen molar-refractivity contribution >= 4 is 23.6 Å². The molecule has 1 saturated carbocycles. The number of amides is 1. The minimum Gasteiger partial charge on any atom is -0.479 e. The Morgan fingerprint density at radius 3 is 2.57 bits per heavy atom. The van der Waals surface area contributed by atoms with Crippen LogP contribution in [0, 0.1) is 5.92 Å². The number of hydrogen-bond donors (Lipinski definition) is 2. The number of carbonyl (C=O) groups is 2. The Bertz CT molecular complexity index is 269. The van der Waals surface area contributed by atoms with Crippen LogP contribution in [0.15, 0.2) is 0 Å². The Morgan fingerprint density at radius 1 is 1.43 bits per heavy atom. The predicted molar refractivity (Wildman–Crippen MR) is 53.2 cm³/mol. The predicted octanol–water partition coefficient (Wildman–Crippen LogP) is 0.473. The van der Waals surface area contributed by atoms with Gasteiger partial charge in [0, 0.05) is 11.7 Å². The molecule has 14 heavy (non-hydrogen) atoms. The molecule has 0 bridgehead atoms. The summed E-state index contributed by atoms with van der Waals surface area (Å²) in [5.74, 6) is 0.432. The minimum absolute atomic E-state index is 0.0742. The van der Waals surface area contributed by atoms with Gasteiger partial charge in [-0.2, -0.15) is 11.8 Å². The fraction of sp³-hybridized carbons (Fsp3) is 0.778. The molecule has 0 aromatic rings. The van der Waals surface area contributed by atoms with Gasteiger partial charge in [-0.1, -0.05) is 0 Å². The van der Waals surface area contributed by atoms with Gasteiger partial charge in [0.25, 0.3) is 0 Å². The van der Waals surface area contributed by atoms with E-state index in [2.05, 4.69) is 5.32 Å². The summed E-state index contributed by atoms with van der Waals surface area (Å²) in [5, 5.41) is 11.8. The Balaban J connectivity index is 2.03. The summed E-state index contributed by atoms with van der Waals surface area (Å²) < 4.78 is 0. The normalized spacial score (nSPS) is 31.4. The molecule has 1 unspecified atom stereocenters. The molecule has 0 aromatic heterocycles. The quantitative estimate of drug-likeness (QED) is 0.718. The summed E-state index contributed by atoms with van der Waals surface area (Å²) in [4.78, 5) is 22.6. The summed E-state index contributed by atoms with van der Waals surface area (Å²) in [7, 11) is 0. The van der Waals surface area contributed by atoms with Crippen LogP contribution in [-0.4, -0.2) is 34.0 Å². The average molecular weight is 215 g/mol. The molecule has 1 heterocycles. The molecule has 1 aliphatic heterocycles. The van der Waals surface area contributed by atoms with Crippen LogP contribution in [0.25, 0.3) is 0 Å². The number of carbonyl (C=O) groups excluding carboxylic acids is 1. The number of aliphatic carboxylic acids is 1. The zero-order valence-electron chi connectivity index (χ0n) is 7.78. The summed E-state index contributed by atoms with van der Waals surface area (Å²) in [6.45, 7) is 0. The highest BCUT2D eigenvalue weighted by molar-refractivity contribution is 7.99. The summed E-state index contributed by atoms with van der Waals surface area (Å²) in [5.41, 5.74) is -0.982. The van der Waals surface area contributed by atoms with Crippen molar-refractivity contribution in [3.8, 4) is 0 Å². The lowest BCUT2D eigenvalue weighted by molar-refractivity contribution is -0.146. The number of thioether (sulfide) groups is 1. The first-order valence-corrected chi connectivity index (χ1v) is 5.93. The number of carboxylic acids is 1. The van der Waals surface area contributed by atoms with E-state index in [0.29, 0.717) is 12.2 Å². The van der Waals surface area contributed by atoms with E-state index < -0.39 is 11.5 Å². The molecule has 2 N–H and O–H groups in total. The second-order valence-corrected chi connectivity index (χ2v) is 5.06. The van der Waals surface area contributed by atoms with Gasteiger partial charge in [0.15, 0.2) is 0 Å². The van der Waals surface area contributed by atoms with Gasteiger partial charge in [-0.15, -0.1) is 0 Å². The van der Waals surface area contributed by atoms with Gasteiger partial charge < -0.3 is 10.4 Å². The van der Waals surface area contributed by atoms with Gasteiger partial charge in [-0.05, 0) is 25.0 Å². The van der Waals surface area contributed by atoms with Crippen molar-refractivity contribution in [1.82, 2.24) is 5.32 Å². The van der Waals surface area contributed by atoms with E-state index in [1.165, 1.54) is 0 Å². The van der Waals surface area contributed by atoms with Crippen molar-refractivity contribution in [2.24, 2.45) is 5.92 Å². The lowest BCUT2D eigenvalue weighted by Crippen LogP contribution is -2.55. The third-order valence-corrected chi connectivity index (χ3v) is 3.93. The molecule has 2 fully saturated rings. The lowest BCUT2D eigenvalue weighted by Gasteiger charge is -2.24. The van der Waals surface area contributed by atoms with Crippen molar-refractivity contribution in [3.05, 3.63) is 0 Å². The van der Waals surface area contributed by atoms with E-state index in [-0.39, 0.29) is 11.8 Å². The zero-order valence-corrected chi connectivity index (χ0v) is 8.60. The molecule has 2 rings (SSSR count). The Morgan fingerprint density at radius 2 is 2.14 bits per heavy atom. The number of nitrogens with one attached hydrogen (secondary N) is 1. The SMILES string of the molecule is O=C(NC1(C(=O)O)CCSC1)C1CC1. The second kappa shape index (κ2) is 3.46. The fourth-order valence-electron chi connectivity index (χ4n) is 1.57. The Kier molecular flexibility index (Phi) is 2.43. The van der Waals surface area contributed by atoms with Crippen LogP contribution >= 0.6 is 11.8 Å². The molecule has 4 nitrogen and oxygen atoms in total. The van der Waals surface area contributed by atoms with Crippen LogP contribution in [-0.2, 0) is 9.59 Å². The van der Waals surface area contributed by atoms with Crippen molar-refractivity contribution in [1.29, 1.82) is 0 Å². The average Bonchev–Trinajstić information content (AvgIpc) is 2.88. The van der Waals surface area contributed by atoms with E-state index in [1.807, 2.05) is 0 Å². The van der Waals surface area contributed by atoms with E-state index in [9.17, 15) is 9.59 Å². The molecule has 0 aromatic carbocycles. The van der Waals surface area contributed by atoms with Gasteiger partial charge in [-0.25, -0.2) is 4.79 Å². The molecule has 1 saturated heterocycles. The van der Waals surface area contributed by atoms with Gasteiger partial charge in [0.05, 0.1) is 0 Å². The summed E-state index contributed by atoms with van der Waals surface area (Å²) in [6, 6.07) is 0. The Labute approximate surface area is 86.4 Å². The smallest absolute Gasteiger partial charge is 0.330 e. The number of rotatable bonds is 3. The van der Waals surface area contributed by atoms with Crippen LogP contribution in [0.3, 0.4) is 0 Å². The molecule has 0 radical (unpaired) electrons. The van der Waals surface area contributed by atoms with Crippen molar-refractivity contribution in [2.45, 2.75) is 24.8 Å². The van der Waals surface area contributed by atoms with Crippen LogP contribution < -0.4 is 5.32 Å². The number of carboxylic acid groups (broad SMARTS) is 1. The first kappa shape index (κ1) is 9.83. The van der Waals surface area contributed by atoms with Gasteiger partial charge >= 0.3 is 5.97 Å². The van der Waals surface area contributed by atoms with E-state index >= 15 is 0 Å². The molecule has 2 aliphatic rings. The van der Waals surface area contributed by atoms with Gasteiger partial charge in [0.1, 0.15) is 5.54 Å². The molecular formula is C9H13NO3S. The largest absolute Gasteiger partial charge is 0.479 e. The third-order valence-electron chi connectivity index (χ3n) is 2.74. The lowest BCUT2D eigenvalue weighted by atomic mass is 9.99. The second-order valence-electron chi connectivity index (χ2n) is 3.95. The summed E-state index contributed by atoms with van der Waals surface area (Å²) >= 11 is 1.59. The molecule has 1 amide bonds. The first-order chi connectivity index (χ1) is 6.64. The highest BCUT2D eigenvalue weighted by Crippen LogP contribution is 2.33. The van der Waals surface area contributed by atoms with E-state index in [4.69, 9.17) is 5.11 Å². The summed E-state index contributed by atoms with van der Waals surface area (Å²) in [6.07, 6.45) is 2.37. The highest BCUT2D eigenvalue weighted by atomic mass is 32.2. The fourth-order valence-corrected chi connectivity index (χ4v) is 2.89. The monoisotopic (exact) mass is 215 g/mol. The van der Waals surface area contributed by atoms with Crippen LogP contribution in [0.4, 0.5) is 0 Å². The van der Waals surface area contributed by atoms with Crippen molar-refractivity contribution < 1.29 is 14.7 Å². The van der Waals surface area contributed by atoms with Gasteiger partial charge in [-0.3, -0.25) is 4.79 Å². The molecule has 0 spiro atoms. The minimum atomic E-state index is -0.982. The van der Waals surface area contributed by atoms with Crippen molar-refractivity contribution in [2.75, 3.05) is 11.5 Å². The Hall–Kier alpha value is -0.710. The van der Waals surface area contributed by atoms with E-state index in [0.717, 1.165) is 18.6 Å². The number of hydrogen-bond acceptors (Lipinski definition) is 3. The maximum atomic E-state index is 11.5. The molecular weight excluding hydrogens is 202 g/mol. The molecule has 1 aliphatic carbocycles. The maximum absolute atomic E-state index is 11.5. The molecule has 5 heteroatoms. The maximum Gasteiger partial charge on any atom is 0.330 e. The molecule has 78 valence electrons. The highest BCUT2D eigenvalue weighted by Gasteiger charge is 2.45. The van der Waals surface area contributed by atoms with Gasteiger partial charge in [0.2, 0.25) is 5.91 Å². The molecule has 1 atom stereocenters. The third kappa shape index (κ3) is 1.73. The van der Waals surface area contributed by atoms with E-state index in [1.54, 1.807) is 11.8 Å². The van der Waals surface area contributed by atoms with Crippen LogP contribution in [0.2, 0.25) is 0 Å². The zero-order chi connectivity index (χ0) is 10.2. The van der Waals surface area contributed by atoms with Crippen LogP contribution in [0.5, 0.6) is 0 Å². The van der Waals surface area contributed by atoms with Crippen LogP contribution in [0.1, 0.15) is 19.3 Å². The standard InChI is InChI=1S/C9H13NO3S/c11-7(6-1-2-6)10-9(8(12)13)3-4-14-5-9/h6H,1-5H2,(H,10,11)(H,12,13).